The van der Waals surface area contributed by atoms with E-state index in [1.165, 1.54) is 25.8 Å². The van der Waals surface area contributed by atoms with Crippen LogP contribution in [-0.2, 0) is 0 Å². The van der Waals surface area contributed by atoms with Crippen LogP contribution in [0.3, 0.4) is 0 Å². The predicted octanol–water partition coefficient (Wildman–Crippen LogP) is 2.19. The topological polar surface area (TPSA) is 3.24 Å². The van der Waals surface area contributed by atoms with Crippen LogP contribution < -0.4 is 0 Å². The maximum Gasteiger partial charge on any atom is 0.0395 e. The second-order valence-corrected chi connectivity index (χ2v) is 3.71. The van der Waals surface area contributed by atoms with Gasteiger partial charge in [-0.1, -0.05) is 26.0 Å². The van der Waals surface area contributed by atoms with E-state index >= 15 is 0 Å². The summed E-state index contributed by atoms with van der Waals surface area (Å²) < 4.78 is 0. The molecule has 1 fully saturated rings. The summed E-state index contributed by atoms with van der Waals surface area (Å²) in [6.45, 7) is 5.79. The first kappa shape index (κ1) is 7.35. The monoisotopic (exact) mass is 151 g/mol. The molecule has 2 aliphatic rings. The standard InChI is InChI=1S/C10H17N/c1-3-10-7-5-9(6-8-10)11(10)4-2/h5,7,9H,3-4,6,8H2,1-2H3. The van der Waals surface area contributed by atoms with Crippen molar-refractivity contribution in [1.29, 1.82) is 0 Å². The molecule has 2 bridgehead atoms. The number of fused-ring (bicyclic) bond motifs is 2. The highest BCUT2D eigenvalue weighted by Crippen LogP contribution is 2.42. The predicted molar refractivity (Wildman–Crippen MR) is 47.6 cm³/mol. The minimum atomic E-state index is 0.472. The highest BCUT2D eigenvalue weighted by Gasteiger charge is 2.45. The summed E-state index contributed by atoms with van der Waals surface area (Å²) >= 11 is 0. The lowest BCUT2D eigenvalue weighted by Gasteiger charge is -2.32. The minimum Gasteiger partial charge on any atom is -0.288 e. The Morgan fingerprint density at radius 2 is 2.36 bits per heavy atom. The molecule has 0 aliphatic carbocycles. The van der Waals surface area contributed by atoms with Crippen LogP contribution in [0.25, 0.3) is 0 Å². The SMILES string of the molecule is CCN1C2C=CC1(CC)CC2. The Hall–Kier alpha value is -0.300. The molecule has 0 aromatic heterocycles. The van der Waals surface area contributed by atoms with Gasteiger partial charge in [-0.25, -0.2) is 0 Å². The summed E-state index contributed by atoms with van der Waals surface area (Å²) in [5, 5.41) is 0. The van der Waals surface area contributed by atoms with Crippen molar-refractivity contribution < 1.29 is 0 Å². The third kappa shape index (κ3) is 0.807. The van der Waals surface area contributed by atoms with Gasteiger partial charge in [-0.3, -0.25) is 4.90 Å². The van der Waals surface area contributed by atoms with Gasteiger partial charge in [0.15, 0.2) is 0 Å². The number of likely N-dealkylation sites (N-methyl/N-ethyl adjacent to an activating group) is 1. The summed E-state index contributed by atoms with van der Waals surface area (Å²) in [4.78, 5) is 2.65. The molecule has 2 unspecified atom stereocenters. The lowest BCUT2D eigenvalue weighted by Crippen LogP contribution is -2.40. The molecule has 0 aromatic carbocycles. The third-order valence-corrected chi connectivity index (χ3v) is 3.43. The lowest BCUT2D eigenvalue weighted by molar-refractivity contribution is 0.181. The Morgan fingerprint density at radius 1 is 1.55 bits per heavy atom. The second-order valence-electron chi connectivity index (χ2n) is 3.71. The van der Waals surface area contributed by atoms with Gasteiger partial charge < -0.3 is 0 Å². The molecule has 0 spiro atoms. The van der Waals surface area contributed by atoms with Gasteiger partial charge in [0.1, 0.15) is 0 Å². The summed E-state index contributed by atoms with van der Waals surface area (Å²) in [5.41, 5.74) is 0.472. The van der Waals surface area contributed by atoms with Crippen molar-refractivity contribution >= 4 is 0 Å². The smallest absolute Gasteiger partial charge is 0.0395 e. The van der Waals surface area contributed by atoms with E-state index in [1.54, 1.807) is 0 Å². The van der Waals surface area contributed by atoms with Gasteiger partial charge >= 0.3 is 0 Å². The zero-order chi connectivity index (χ0) is 7.90. The quantitative estimate of drug-likeness (QED) is 0.547. The Bertz CT molecular complexity index is 185. The fraction of sp³-hybridized carbons (Fsp3) is 0.800. The fourth-order valence-corrected chi connectivity index (χ4v) is 2.74. The van der Waals surface area contributed by atoms with Gasteiger partial charge in [0.2, 0.25) is 0 Å². The van der Waals surface area contributed by atoms with Gasteiger partial charge in [-0.2, -0.15) is 0 Å². The largest absolute Gasteiger partial charge is 0.288 e. The Balaban J connectivity index is 2.25. The summed E-state index contributed by atoms with van der Waals surface area (Å²) in [6, 6.07) is 0.778. The Kier molecular flexibility index (Phi) is 1.57. The fourth-order valence-electron chi connectivity index (χ4n) is 2.74. The van der Waals surface area contributed by atoms with E-state index in [1.807, 2.05) is 0 Å². The molecule has 11 heavy (non-hydrogen) atoms. The van der Waals surface area contributed by atoms with Crippen molar-refractivity contribution in [1.82, 2.24) is 4.90 Å². The van der Waals surface area contributed by atoms with E-state index in [0.717, 1.165) is 6.04 Å². The van der Waals surface area contributed by atoms with Gasteiger partial charge in [-0.05, 0) is 25.8 Å². The molecule has 0 aromatic rings. The number of nitrogens with zero attached hydrogens (tertiary/aromatic N) is 1. The molecule has 2 atom stereocenters. The van der Waals surface area contributed by atoms with Crippen LogP contribution in [0.5, 0.6) is 0 Å². The van der Waals surface area contributed by atoms with E-state index in [2.05, 4.69) is 30.9 Å². The highest BCUT2D eigenvalue weighted by atomic mass is 15.3. The summed E-state index contributed by atoms with van der Waals surface area (Å²) in [5.74, 6) is 0. The van der Waals surface area contributed by atoms with Crippen molar-refractivity contribution in [2.24, 2.45) is 0 Å². The van der Waals surface area contributed by atoms with E-state index in [4.69, 9.17) is 0 Å². The van der Waals surface area contributed by atoms with Crippen molar-refractivity contribution in [2.45, 2.75) is 44.7 Å². The van der Waals surface area contributed by atoms with Crippen molar-refractivity contribution in [3.8, 4) is 0 Å². The van der Waals surface area contributed by atoms with Gasteiger partial charge in [0.05, 0.1) is 0 Å². The molecule has 0 radical (unpaired) electrons. The van der Waals surface area contributed by atoms with Crippen LogP contribution in [0.15, 0.2) is 12.2 Å². The molecular formula is C10H17N. The molecule has 0 amide bonds. The first-order valence-electron chi connectivity index (χ1n) is 4.78. The van der Waals surface area contributed by atoms with Crippen LogP contribution in [0.1, 0.15) is 33.1 Å². The third-order valence-electron chi connectivity index (χ3n) is 3.43. The summed E-state index contributed by atoms with van der Waals surface area (Å²) in [7, 11) is 0. The first-order chi connectivity index (χ1) is 5.32. The second kappa shape index (κ2) is 2.34. The van der Waals surface area contributed by atoms with Crippen LogP contribution in [-0.4, -0.2) is 23.0 Å². The molecule has 2 aliphatic heterocycles. The van der Waals surface area contributed by atoms with Crippen molar-refractivity contribution in [3.05, 3.63) is 12.2 Å². The number of rotatable bonds is 2. The zero-order valence-corrected chi connectivity index (χ0v) is 7.51. The van der Waals surface area contributed by atoms with E-state index in [9.17, 15) is 0 Å². The number of hydrogen-bond donors (Lipinski definition) is 0. The minimum absolute atomic E-state index is 0.472. The molecule has 62 valence electrons. The summed E-state index contributed by atoms with van der Waals surface area (Å²) in [6.07, 6.45) is 8.89. The maximum atomic E-state index is 2.65. The van der Waals surface area contributed by atoms with Gasteiger partial charge in [0.25, 0.3) is 0 Å². The average Bonchev–Trinajstić information content (AvgIpc) is 2.58. The number of hydrogen-bond acceptors (Lipinski definition) is 1. The molecule has 2 heterocycles. The molecule has 0 N–H and O–H groups in total. The average molecular weight is 151 g/mol. The van der Waals surface area contributed by atoms with Crippen molar-refractivity contribution in [2.75, 3.05) is 6.54 Å². The first-order valence-corrected chi connectivity index (χ1v) is 4.78. The molecule has 1 saturated heterocycles. The van der Waals surface area contributed by atoms with Crippen LogP contribution in [0.2, 0.25) is 0 Å². The van der Waals surface area contributed by atoms with E-state index in [-0.39, 0.29) is 0 Å². The Morgan fingerprint density at radius 3 is 2.73 bits per heavy atom. The van der Waals surface area contributed by atoms with Crippen LogP contribution in [0.4, 0.5) is 0 Å². The molecule has 2 rings (SSSR count). The molecule has 1 nitrogen and oxygen atoms in total. The normalized spacial score (nSPS) is 42.2. The van der Waals surface area contributed by atoms with E-state index < -0.39 is 0 Å². The Labute approximate surface area is 69.1 Å². The zero-order valence-electron chi connectivity index (χ0n) is 7.51. The molecule has 0 saturated carbocycles. The highest BCUT2D eigenvalue weighted by molar-refractivity contribution is 5.23. The van der Waals surface area contributed by atoms with E-state index in [0.29, 0.717) is 5.54 Å². The van der Waals surface area contributed by atoms with Gasteiger partial charge in [0, 0.05) is 11.6 Å². The van der Waals surface area contributed by atoms with Crippen LogP contribution in [0, 0.1) is 0 Å². The maximum absolute atomic E-state index is 2.65. The molecule has 1 heteroatoms. The molecular weight excluding hydrogens is 134 g/mol. The van der Waals surface area contributed by atoms with Crippen molar-refractivity contribution in [3.63, 3.8) is 0 Å². The lowest BCUT2D eigenvalue weighted by atomic mass is 9.91. The van der Waals surface area contributed by atoms with Gasteiger partial charge in [-0.15, -0.1) is 0 Å². The van der Waals surface area contributed by atoms with Crippen LogP contribution >= 0.6 is 0 Å².